The number of rotatable bonds is 3. The minimum Gasteiger partial charge on any atom is -0.378 e. The largest absolute Gasteiger partial charge is 0.378 e. The van der Waals surface area contributed by atoms with Crippen LogP contribution in [0.3, 0.4) is 0 Å². The third-order valence-corrected chi connectivity index (χ3v) is 6.56. The summed E-state index contributed by atoms with van der Waals surface area (Å²) >= 11 is 1.96. The van der Waals surface area contributed by atoms with E-state index in [0.29, 0.717) is 17.4 Å². The summed E-state index contributed by atoms with van der Waals surface area (Å²) in [5.74, 6) is 1.95. The Balaban J connectivity index is 1.47. The van der Waals surface area contributed by atoms with Crippen LogP contribution < -0.4 is 5.32 Å². The van der Waals surface area contributed by atoms with Gasteiger partial charge in [-0.25, -0.2) is 0 Å². The van der Waals surface area contributed by atoms with Gasteiger partial charge in [0.1, 0.15) is 0 Å². The summed E-state index contributed by atoms with van der Waals surface area (Å²) in [5, 5.41) is 4.77. The van der Waals surface area contributed by atoms with E-state index in [1.165, 1.54) is 49.4 Å². The van der Waals surface area contributed by atoms with Crippen molar-refractivity contribution in [3.63, 3.8) is 0 Å². The van der Waals surface area contributed by atoms with Gasteiger partial charge >= 0.3 is 0 Å². The van der Waals surface area contributed by atoms with Gasteiger partial charge in [0.15, 0.2) is 5.17 Å². The van der Waals surface area contributed by atoms with Crippen molar-refractivity contribution in [3.8, 4) is 0 Å². The highest BCUT2D eigenvalue weighted by atomic mass is 32.2. The smallest absolute Gasteiger partial charge is 0.156 e. The Morgan fingerprint density at radius 1 is 1.35 bits per heavy atom. The van der Waals surface area contributed by atoms with E-state index in [-0.39, 0.29) is 0 Å². The Hall–Kier alpha value is -0.220. The van der Waals surface area contributed by atoms with E-state index < -0.39 is 0 Å². The molecular formula is C16H28N2OS. The van der Waals surface area contributed by atoms with Gasteiger partial charge in [0.25, 0.3) is 0 Å². The molecule has 1 N–H and O–H groups in total. The molecule has 2 aliphatic heterocycles. The first-order valence-corrected chi connectivity index (χ1v) is 9.33. The Labute approximate surface area is 127 Å². The molecule has 3 aliphatic rings. The summed E-state index contributed by atoms with van der Waals surface area (Å²) in [6.45, 7) is 5.26. The zero-order chi connectivity index (χ0) is 13.8. The highest BCUT2D eigenvalue weighted by molar-refractivity contribution is 8.13. The highest BCUT2D eigenvalue weighted by Crippen LogP contribution is 2.41. The molecule has 3 nitrogen and oxygen atoms in total. The van der Waals surface area contributed by atoms with Gasteiger partial charge < -0.3 is 10.1 Å². The molecule has 0 radical (unpaired) electrons. The van der Waals surface area contributed by atoms with E-state index in [1.807, 2.05) is 11.8 Å². The van der Waals surface area contributed by atoms with E-state index in [0.717, 1.165) is 26.1 Å². The third-order valence-electron chi connectivity index (χ3n) is 5.25. The summed E-state index contributed by atoms with van der Waals surface area (Å²) in [6.07, 6.45) is 9.84. The van der Waals surface area contributed by atoms with Crippen LogP contribution in [0.4, 0.5) is 0 Å². The first-order valence-electron chi connectivity index (χ1n) is 8.34. The molecule has 4 heteroatoms. The van der Waals surface area contributed by atoms with Crippen LogP contribution >= 0.6 is 11.8 Å². The van der Waals surface area contributed by atoms with Crippen LogP contribution in [0.2, 0.25) is 0 Å². The molecule has 2 atom stereocenters. The van der Waals surface area contributed by atoms with Gasteiger partial charge in [0, 0.05) is 31.4 Å². The number of nitrogens with zero attached hydrogens (tertiary/aromatic N) is 1. The van der Waals surface area contributed by atoms with E-state index in [9.17, 15) is 0 Å². The highest BCUT2D eigenvalue weighted by Gasteiger charge is 2.35. The van der Waals surface area contributed by atoms with Gasteiger partial charge in [-0.1, -0.05) is 37.9 Å². The molecule has 2 fully saturated rings. The van der Waals surface area contributed by atoms with Gasteiger partial charge in [0.05, 0.1) is 6.10 Å². The second-order valence-electron chi connectivity index (χ2n) is 6.72. The van der Waals surface area contributed by atoms with Crippen LogP contribution in [0.15, 0.2) is 4.99 Å². The minimum absolute atomic E-state index is 0.460. The summed E-state index contributed by atoms with van der Waals surface area (Å²) in [7, 11) is 0. The van der Waals surface area contributed by atoms with Gasteiger partial charge in [-0.2, -0.15) is 0 Å². The fourth-order valence-electron chi connectivity index (χ4n) is 3.86. The number of amidine groups is 1. The van der Waals surface area contributed by atoms with Crippen molar-refractivity contribution in [2.24, 2.45) is 16.3 Å². The second kappa shape index (κ2) is 6.69. The number of ether oxygens (including phenoxy) is 1. The normalized spacial score (nSPS) is 33.1. The molecule has 1 aliphatic carbocycles. The molecule has 0 amide bonds. The fraction of sp³-hybridized carbons (Fsp3) is 0.938. The lowest BCUT2D eigenvalue weighted by molar-refractivity contribution is 0.0883. The zero-order valence-corrected chi connectivity index (χ0v) is 13.5. The Kier molecular flexibility index (Phi) is 4.92. The van der Waals surface area contributed by atoms with Crippen molar-refractivity contribution >= 4 is 16.9 Å². The summed E-state index contributed by atoms with van der Waals surface area (Å²) in [5.41, 5.74) is 0.538. The predicted octanol–water partition coefficient (Wildman–Crippen LogP) is 3.44. The van der Waals surface area contributed by atoms with E-state index in [4.69, 9.17) is 9.73 Å². The molecule has 1 saturated carbocycles. The van der Waals surface area contributed by atoms with E-state index in [2.05, 4.69) is 12.2 Å². The summed E-state index contributed by atoms with van der Waals surface area (Å²) < 4.78 is 5.76. The monoisotopic (exact) mass is 296 g/mol. The summed E-state index contributed by atoms with van der Waals surface area (Å²) in [6, 6.07) is 0. The average Bonchev–Trinajstić information content (AvgIpc) is 2.95. The van der Waals surface area contributed by atoms with Crippen LogP contribution in [0, 0.1) is 11.3 Å². The Morgan fingerprint density at radius 3 is 2.90 bits per heavy atom. The molecule has 2 heterocycles. The molecule has 0 aromatic carbocycles. The molecular weight excluding hydrogens is 268 g/mol. The van der Waals surface area contributed by atoms with Crippen LogP contribution in [0.25, 0.3) is 0 Å². The van der Waals surface area contributed by atoms with Crippen molar-refractivity contribution < 1.29 is 4.74 Å². The quantitative estimate of drug-likeness (QED) is 0.866. The lowest BCUT2D eigenvalue weighted by atomic mass is 9.75. The SMILES string of the molecule is CCC1OCCC1CNC1=NCC2(CCCCC2)CS1. The van der Waals surface area contributed by atoms with Crippen molar-refractivity contribution in [3.05, 3.63) is 0 Å². The lowest BCUT2D eigenvalue weighted by Crippen LogP contribution is -2.38. The summed E-state index contributed by atoms with van der Waals surface area (Å²) in [4.78, 5) is 4.85. The van der Waals surface area contributed by atoms with Crippen LogP contribution in [0.1, 0.15) is 51.9 Å². The Bertz CT molecular complexity index is 352. The average molecular weight is 296 g/mol. The number of nitrogens with one attached hydrogen (secondary N) is 1. The van der Waals surface area contributed by atoms with Crippen molar-refractivity contribution in [2.75, 3.05) is 25.4 Å². The molecule has 3 rings (SSSR count). The van der Waals surface area contributed by atoms with Crippen molar-refractivity contribution in [1.29, 1.82) is 0 Å². The van der Waals surface area contributed by atoms with Crippen LogP contribution in [-0.4, -0.2) is 36.7 Å². The first-order chi connectivity index (χ1) is 9.81. The fourth-order valence-corrected chi connectivity index (χ4v) is 5.02. The number of hydrogen-bond donors (Lipinski definition) is 1. The molecule has 114 valence electrons. The number of hydrogen-bond acceptors (Lipinski definition) is 4. The van der Waals surface area contributed by atoms with Crippen molar-refractivity contribution in [1.82, 2.24) is 5.32 Å². The van der Waals surface area contributed by atoms with E-state index >= 15 is 0 Å². The second-order valence-corrected chi connectivity index (χ2v) is 7.68. The zero-order valence-electron chi connectivity index (χ0n) is 12.7. The molecule has 1 spiro atoms. The standard InChI is InChI=1S/C16H28N2OS/c1-2-14-13(6-9-19-14)10-17-15-18-11-16(12-20-15)7-4-3-5-8-16/h13-14H,2-12H2,1H3,(H,17,18). The predicted molar refractivity (Wildman–Crippen MR) is 86.4 cm³/mol. The topological polar surface area (TPSA) is 33.6 Å². The number of aliphatic imine (C=N–C) groups is 1. The van der Waals surface area contributed by atoms with Crippen LogP contribution in [-0.2, 0) is 4.74 Å². The molecule has 0 aromatic heterocycles. The lowest BCUT2D eigenvalue weighted by Gasteiger charge is -2.38. The third kappa shape index (κ3) is 3.33. The van der Waals surface area contributed by atoms with Crippen molar-refractivity contribution in [2.45, 2.75) is 58.0 Å². The van der Waals surface area contributed by atoms with Crippen LogP contribution in [0.5, 0.6) is 0 Å². The van der Waals surface area contributed by atoms with Gasteiger partial charge in [0.2, 0.25) is 0 Å². The maximum atomic E-state index is 5.76. The van der Waals surface area contributed by atoms with Gasteiger partial charge in [-0.05, 0) is 31.1 Å². The molecule has 0 bridgehead atoms. The van der Waals surface area contributed by atoms with Gasteiger partial charge in [-0.15, -0.1) is 0 Å². The maximum absolute atomic E-state index is 5.76. The number of thioether (sulfide) groups is 1. The van der Waals surface area contributed by atoms with E-state index in [1.54, 1.807) is 0 Å². The first kappa shape index (κ1) is 14.7. The molecule has 1 saturated heterocycles. The van der Waals surface area contributed by atoms with Gasteiger partial charge in [-0.3, -0.25) is 4.99 Å². The molecule has 0 aromatic rings. The maximum Gasteiger partial charge on any atom is 0.156 e. The Morgan fingerprint density at radius 2 is 2.20 bits per heavy atom. The molecule has 2 unspecified atom stereocenters. The minimum atomic E-state index is 0.460. The molecule has 20 heavy (non-hydrogen) atoms.